The minimum atomic E-state index is 0.558. The van der Waals surface area contributed by atoms with E-state index in [2.05, 4.69) is 20.2 Å². The Morgan fingerprint density at radius 1 is 1.18 bits per heavy atom. The third-order valence-electron chi connectivity index (χ3n) is 2.37. The summed E-state index contributed by atoms with van der Waals surface area (Å²) in [6.45, 7) is 0. The molecule has 0 aliphatic rings. The van der Waals surface area contributed by atoms with Crippen LogP contribution in [0.4, 0.5) is 0 Å². The lowest BCUT2D eigenvalue weighted by atomic mass is 10.2. The summed E-state index contributed by atoms with van der Waals surface area (Å²) >= 11 is 0. The van der Waals surface area contributed by atoms with Gasteiger partial charge in [0.1, 0.15) is 6.33 Å². The molecule has 0 aliphatic carbocycles. The maximum absolute atomic E-state index is 4.23. The molecule has 84 valence electrons. The van der Waals surface area contributed by atoms with Gasteiger partial charge in [0, 0.05) is 36.8 Å². The van der Waals surface area contributed by atoms with E-state index in [0.717, 1.165) is 11.1 Å². The smallest absolute Gasteiger partial charge is 0.264 e. The number of aromatic nitrogens is 6. The van der Waals surface area contributed by atoms with Gasteiger partial charge in [-0.1, -0.05) is 6.07 Å². The van der Waals surface area contributed by atoms with Gasteiger partial charge >= 0.3 is 0 Å². The molecule has 17 heavy (non-hydrogen) atoms. The highest BCUT2D eigenvalue weighted by Crippen LogP contribution is 2.17. The van der Waals surface area contributed by atoms with E-state index < -0.39 is 0 Å². The van der Waals surface area contributed by atoms with Crippen molar-refractivity contribution < 1.29 is 0 Å². The van der Waals surface area contributed by atoms with E-state index in [-0.39, 0.29) is 0 Å². The van der Waals surface area contributed by atoms with Crippen LogP contribution in [-0.2, 0) is 7.05 Å². The zero-order valence-corrected chi connectivity index (χ0v) is 9.22. The standard InChI is InChI=1S/C11H10N6/c1-16-8-13-11(15-16)17-7-10(6-14-17)9-3-2-4-12-5-9/h2-8H,1H3. The Morgan fingerprint density at radius 2 is 2.12 bits per heavy atom. The van der Waals surface area contributed by atoms with E-state index in [4.69, 9.17) is 0 Å². The van der Waals surface area contributed by atoms with Gasteiger partial charge in [-0.25, -0.2) is 4.68 Å². The fourth-order valence-corrected chi connectivity index (χ4v) is 1.55. The van der Waals surface area contributed by atoms with Crippen molar-refractivity contribution >= 4 is 0 Å². The molecule has 0 spiro atoms. The zero-order valence-electron chi connectivity index (χ0n) is 9.22. The summed E-state index contributed by atoms with van der Waals surface area (Å²) in [7, 11) is 1.82. The Hall–Kier alpha value is -2.50. The molecule has 0 unspecified atom stereocenters. The maximum Gasteiger partial charge on any atom is 0.269 e. The van der Waals surface area contributed by atoms with Crippen LogP contribution in [0.3, 0.4) is 0 Å². The average Bonchev–Trinajstić information content (AvgIpc) is 2.98. The van der Waals surface area contributed by atoms with Gasteiger partial charge in [0.05, 0.1) is 6.20 Å². The van der Waals surface area contributed by atoms with Crippen LogP contribution in [-0.4, -0.2) is 29.5 Å². The fourth-order valence-electron chi connectivity index (χ4n) is 1.55. The zero-order chi connectivity index (χ0) is 11.7. The lowest BCUT2D eigenvalue weighted by Crippen LogP contribution is -1.98. The normalized spacial score (nSPS) is 10.6. The molecule has 0 radical (unpaired) electrons. The lowest BCUT2D eigenvalue weighted by Gasteiger charge is -1.94. The van der Waals surface area contributed by atoms with Crippen LogP contribution in [0.5, 0.6) is 0 Å². The molecule has 0 saturated carbocycles. The predicted molar refractivity (Wildman–Crippen MR) is 61.4 cm³/mol. The Labute approximate surface area is 97.6 Å². The van der Waals surface area contributed by atoms with Gasteiger partial charge in [0.2, 0.25) is 0 Å². The molecule has 0 atom stereocenters. The second-order valence-corrected chi connectivity index (χ2v) is 3.63. The third-order valence-corrected chi connectivity index (χ3v) is 2.37. The van der Waals surface area contributed by atoms with Gasteiger partial charge in [-0.3, -0.25) is 9.67 Å². The second kappa shape index (κ2) is 3.82. The Kier molecular flexibility index (Phi) is 2.18. The van der Waals surface area contributed by atoms with E-state index in [1.54, 1.807) is 34.3 Å². The Balaban J connectivity index is 1.99. The molecule has 3 rings (SSSR count). The average molecular weight is 226 g/mol. The molecule has 0 bridgehead atoms. The number of nitrogens with zero attached hydrogens (tertiary/aromatic N) is 6. The first-order valence-electron chi connectivity index (χ1n) is 5.14. The van der Waals surface area contributed by atoms with Crippen LogP contribution in [0, 0.1) is 0 Å². The summed E-state index contributed by atoms with van der Waals surface area (Å²) in [4.78, 5) is 8.20. The van der Waals surface area contributed by atoms with Crippen LogP contribution in [0.2, 0.25) is 0 Å². The molecular weight excluding hydrogens is 216 g/mol. The second-order valence-electron chi connectivity index (χ2n) is 3.63. The number of hydrogen-bond acceptors (Lipinski definition) is 4. The van der Waals surface area contributed by atoms with Gasteiger partial charge in [-0.2, -0.15) is 10.1 Å². The number of rotatable bonds is 2. The van der Waals surface area contributed by atoms with Crippen molar-refractivity contribution in [3.63, 3.8) is 0 Å². The molecule has 0 aliphatic heterocycles. The van der Waals surface area contributed by atoms with Gasteiger partial charge in [0.25, 0.3) is 5.95 Å². The predicted octanol–water partition coefficient (Wildman–Crippen LogP) is 1.06. The molecule has 0 amide bonds. The molecule has 0 fully saturated rings. The van der Waals surface area contributed by atoms with Gasteiger partial charge in [-0.05, 0) is 6.07 Å². The quantitative estimate of drug-likeness (QED) is 0.655. The van der Waals surface area contributed by atoms with E-state index in [1.807, 2.05) is 25.4 Å². The van der Waals surface area contributed by atoms with E-state index >= 15 is 0 Å². The maximum atomic E-state index is 4.23. The van der Waals surface area contributed by atoms with Gasteiger partial charge in [-0.15, -0.1) is 5.10 Å². The Morgan fingerprint density at radius 3 is 2.82 bits per heavy atom. The first-order valence-corrected chi connectivity index (χ1v) is 5.14. The molecule has 3 aromatic heterocycles. The third kappa shape index (κ3) is 1.80. The Bertz CT molecular complexity index is 624. The van der Waals surface area contributed by atoms with Crippen LogP contribution < -0.4 is 0 Å². The molecule has 0 N–H and O–H groups in total. The topological polar surface area (TPSA) is 61.4 Å². The van der Waals surface area contributed by atoms with Crippen LogP contribution in [0.25, 0.3) is 17.1 Å². The summed E-state index contributed by atoms with van der Waals surface area (Å²) in [6, 6.07) is 3.88. The molecule has 3 heterocycles. The van der Waals surface area contributed by atoms with Crippen molar-refractivity contribution in [2.45, 2.75) is 0 Å². The SMILES string of the molecule is Cn1cnc(-n2cc(-c3cccnc3)cn2)n1. The minimum Gasteiger partial charge on any atom is -0.264 e. The van der Waals surface area contributed by atoms with Crippen molar-refractivity contribution in [2.24, 2.45) is 7.05 Å². The summed E-state index contributed by atoms with van der Waals surface area (Å²) in [5, 5.41) is 8.41. The van der Waals surface area contributed by atoms with E-state index in [1.165, 1.54) is 0 Å². The monoisotopic (exact) mass is 226 g/mol. The van der Waals surface area contributed by atoms with Crippen molar-refractivity contribution in [1.82, 2.24) is 29.5 Å². The van der Waals surface area contributed by atoms with Crippen LogP contribution in [0.15, 0.2) is 43.2 Å². The number of aryl methyl sites for hydroxylation is 1. The van der Waals surface area contributed by atoms with Gasteiger partial charge < -0.3 is 0 Å². The molecule has 0 saturated heterocycles. The van der Waals surface area contributed by atoms with Crippen molar-refractivity contribution in [1.29, 1.82) is 0 Å². The highest BCUT2D eigenvalue weighted by atomic mass is 15.4. The summed E-state index contributed by atoms with van der Waals surface area (Å²) in [5.41, 5.74) is 2.01. The molecule has 6 heteroatoms. The summed E-state index contributed by atoms with van der Waals surface area (Å²) < 4.78 is 3.28. The van der Waals surface area contributed by atoms with Crippen molar-refractivity contribution in [3.05, 3.63) is 43.2 Å². The van der Waals surface area contributed by atoms with Crippen LogP contribution >= 0.6 is 0 Å². The molecule has 3 aromatic rings. The highest BCUT2D eigenvalue weighted by Gasteiger charge is 2.06. The summed E-state index contributed by atoms with van der Waals surface area (Å²) in [5.74, 6) is 0.558. The first-order chi connectivity index (χ1) is 8.33. The molecule has 0 aromatic carbocycles. The van der Waals surface area contributed by atoms with E-state index in [9.17, 15) is 0 Å². The minimum absolute atomic E-state index is 0.558. The fraction of sp³-hybridized carbons (Fsp3) is 0.0909. The van der Waals surface area contributed by atoms with Crippen molar-refractivity contribution in [3.8, 4) is 17.1 Å². The molecule has 6 nitrogen and oxygen atoms in total. The van der Waals surface area contributed by atoms with Crippen LogP contribution in [0.1, 0.15) is 0 Å². The number of pyridine rings is 1. The first kappa shape index (κ1) is 9.71. The highest BCUT2D eigenvalue weighted by molar-refractivity contribution is 5.60. The molecular formula is C11H10N6. The van der Waals surface area contributed by atoms with Gasteiger partial charge in [0.15, 0.2) is 0 Å². The largest absolute Gasteiger partial charge is 0.269 e. The van der Waals surface area contributed by atoms with E-state index in [0.29, 0.717) is 5.95 Å². The van der Waals surface area contributed by atoms with Crippen molar-refractivity contribution in [2.75, 3.05) is 0 Å². The number of hydrogen-bond donors (Lipinski definition) is 0. The lowest BCUT2D eigenvalue weighted by molar-refractivity contribution is 0.731. The summed E-state index contributed by atoms with van der Waals surface area (Å²) in [6.07, 6.45) is 8.84.